The molecule has 3 aromatic carbocycles. The molecule has 0 atom stereocenters. The zero-order chi connectivity index (χ0) is 44.7. The van der Waals surface area contributed by atoms with E-state index in [0.29, 0.717) is 33.9 Å². The number of rotatable bonds is 12. The van der Waals surface area contributed by atoms with Gasteiger partial charge in [-0.25, -0.2) is 14.4 Å². The Morgan fingerprint density at radius 1 is 0.397 bits per heavy atom. The summed E-state index contributed by atoms with van der Waals surface area (Å²) in [7, 11) is 0. The molecule has 0 saturated heterocycles. The van der Waals surface area contributed by atoms with E-state index in [1.807, 2.05) is 0 Å². The second-order valence-corrected chi connectivity index (χ2v) is 21.8. The highest BCUT2D eigenvalue weighted by Gasteiger charge is 2.39. The summed E-state index contributed by atoms with van der Waals surface area (Å²) < 4.78 is 19.3. The van der Waals surface area contributed by atoms with E-state index in [9.17, 15) is 29.7 Å². The molecular formula is C49H70O9. The average molecular weight is 803 g/mol. The summed E-state index contributed by atoms with van der Waals surface area (Å²) in [5, 5.41) is 30.2. The molecule has 0 aliphatic heterocycles. The van der Waals surface area contributed by atoms with E-state index in [-0.39, 0.29) is 16.2 Å². The van der Waals surface area contributed by atoms with Gasteiger partial charge in [0.15, 0.2) is 19.8 Å². The second-order valence-electron chi connectivity index (χ2n) is 21.8. The van der Waals surface area contributed by atoms with Crippen LogP contribution in [-0.4, -0.2) is 53.0 Å². The Morgan fingerprint density at radius 3 is 0.759 bits per heavy atom. The lowest BCUT2D eigenvalue weighted by atomic mass is 9.70. The fourth-order valence-electron chi connectivity index (χ4n) is 6.96. The first-order valence-electron chi connectivity index (χ1n) is 20.2. The van der Waals surface area contributed by atoms with Crippen molar-refractivity contribution in [3.63, 3.8) is 0 Å². The van der Waals surface area contributed by atoms with Crippen LogP contribution in [0.3, 0.4) is 0 Å². The van der Waals surface area contributed by atoms with Crippen molar-refractivity contribution in [2.45, 2.75) is 163 Å². The molecule has 9 nitrogen and oxygen atoms in total. The van der Waals surface area contributed by atoms with Gasteiger partial charge in [-0.3, -0.25) is 0 Å². The monoisotopic (exact) mass is 803 g/mol. The summed E-state index contributed by atoms with van der Waals surface area (Å²) in [6.45, 7) is 35.7. The quantitative estimate of drug-likeness (QED) is 0.153. The minimum atomic E-state index is -1.15. The molecule has 0 fully saturated rings. The van der Waals surface area contributed by atoms with Gasteiger partial charge in [-0.2, -0.15) is 0 Å². The zero-order valence-corrected chi connectivity index (χ0v) is 38.5. The van der Waals surface area contributed by atoms with Crippen molar-refractivity contribution in [2.24, 2.45) is 0 Å². The fraction of sp³-hybridized carbons (Fsp3) is 0.571. The van der Waals surface area contributed by atoms with Crippen LogP contribution >= 0.6 is 0 Å². The molecule has 0 saturated carbocycles. The summed E-state index contributed by atoms with van der Waals surface area (Å²) in [6, 6.07) is 12.4. The lowest BCUT2D eigenvalue weighted by molar-refractivity contribution is -0.140. The van der Waals surface area contributed by atoms with Gasteiger partial charge < -0.3 is 29.5 Å². The second kappa shape index (κ2) is 16.6. The number of carbonyl (C=O) groups is 3. The van der Waals surface area contributed by atoms with E-state index >= 15 is 0 Å². The van der Waals surface area contributed by atoms with Crippen LogP contribution in [0.15, 0.2) is 36.4 Å². The molecule has 58 heavy (non-hydrogen) atoms. The highest BCUT2D eigenvalue weighted by atomic mass is 16.5. The van der Waals surface area contributed by atoms with E-state index < -0.39 is 59.9 Å². The van der Waals surface area contributed by atoms with Gasteiger partial charge in [-0.05, 0) is 49.2 Å². The van der Waals surface area contributed by atoms with Gasteiger partial charge >= 0.3 is 17.9 Å². The Hall–Kier alpha value is -4.53. The van der Waals surface area contributed by atoms with Crippen molar-refractivity contribution >= 4 is 17.9 Å². The lowest BCUT2D eigenvalue weighted by Gasteiger charge is -2.36. The van der Waals surface area contributed by atoms with Gasteiger partial charge in [0.2, 0.25) is 0 Å². The number of carboxylic acids is 3. The van der Waals surface area contributed by atoms with Crippen LogP contribution in [0.4, 0.5) is 0 Å². The molecule has 0 heterocycles. The third kappa shape index (κ3) is 11.6. The third-order valence-electron chi connectivity index (χ3n) is 10.3. The predicted octanol–water partition coefficient (Wildman–Crippen LogP) is 11.0. The Balaban J connectivity index is 3.01. The molecule has 9 heteroatoms. The van der Waals surface area contributed by atoms with Crippen LogP contribution in [0, 0.1) is 0 Å². The molecule has 3 rings (SSSR count). The molecule has 3 aromatic rings. The molecule has 3 N–H and O–H groups in total. The highest BCUT2D eigenvalue weighted by molar-refractivity contribution is 5.72. The number of hydrogen-bond acceptors (Lipinski definition) is 6. The van der Waals surface area contributed by atoms with Crippen LogP contribution in [0.25, 0.3) is 0 Å². The van der Waals surface area contributed by atoms with Crippen LogP contribution < -0.4 is 14.2 Å². The Kier molecular flexibility index (Phi) is 13.7. The molecule has 0 bridgehead atoms. The maximum atomic E-state index is 12.3. The van der Waals surface area contributed by atoms with Crippen molar-refractivity contribution in [1.29, 1.82) is 0 Å². The van der Waals surface area contributed by atoms with Crippen LogP contribution in [0.1, 0.15) is 181 Å². The van der Waals surface area contributed by atoms with E-state index in [4.69, 9.17) is 14.2 Å². The van der Waals surface area contributed by atoms with Crippen LogP contribution in [0.2, 0.25) is 0 Å². The van der Waals surface area contributed by atoms with Crippen molar-refractivity contribution in [3.8, 4) is 17.2 Å². The summed E-state index contributed by atoms with van der Waals surface area (Å²) >= 11 is 0. The zero-order valence-electron chi connectivity index (χ0n) is 38.5. The summed E-state index contributed by atoms with van der Waals surface area (Å²) in [6.07, 6.45) is 0. The third-order valence-corrected chi connectivity index (χ3v) is 10.3. The Bertz CT molecular complexity index is 1780. The van der Waals surface area contributed by atoms with Crippen molar-refractivity contribution < 1.29 is 43.9 Å². The molecule has 0 amide bonds. The minimum absolute atomic E-state index is 0.373. The van der Waals surface area contributed by atoms with Crippen molar-refractivity contribution in [2.75, 3.05) is 19.8 Å². The normalized spacial score (nSPS) is 13.1. The minimum Gasteiger partial charge on any atom is -0.481 e. The van der Waals surface area contributed by atoms with Gasteiger partial charge in [-0.1, -0.05) is 161 Å². The van der Waals surface area contributed by atoms with E-state index in [1.165, 1.54) is 0 Å². The Labute approximate surface area is 347 Å². The summed E-state index contributed by atoms with van der Waals surface area (Å²) in [4.78, 5) is 37.0. The molecule has 0 aliphatic rings. The maximum absolute atomic E-state index is 12.3. The number of benzene rings is 3. The first-order valence-corrected chi connectivity index (χ1v) is 20.2. The largest absolute Gasteiger partial charge is 0.481 e. The SMILES string of the molecule is CC(C)(C)c1cc(C(c2cc(C(C)(C)C)cc(C(C)(C)C)c2OCC(=O)O)c2cc(C(C)(C)C)cc(C(C)(C)C)c2OCC(=O)O)c(OCC(=O)O)c(C(C)(C)C)c1. The van der Waals surface area contributed by atoms with Gasteiger partial charge in [0.1, 0.15) is 17.2 Å². The Morgan fingerprint density at radius 2 is 0.603 bits per heavy atom. The molecule has 0 aromatic heterocycles. The number of carboxylic acid groups (broad SMARTS) is 3. The molecule has 0 spiro atoms. The highest BCUT2D eigenvalue weighted by Crippen LogP contribution is 2.53. The number of aliphatic carboxylic acids is 3. The van der Waals surface area contributed by atoms with Crippen LogP contribution in [-0.2, 0) is 46.9 Å². The fourth-order valence-corrected chi connectivity index (χ4v) is 6.96. The van der Waals surface area contributed by atoms with E-state index in [0.717, 1.165) is 33.4 Å². The molecule has 0 aliphatic carbocycles. The molecule has 0 radical (unpaired) electrons. The van der Waals surface area contributed by atoms with Gasteiger partial charge in [0, 0.05) is 39.3 Å². The summed E-state index contributed by atoms with van der Waals surface area (Å²) in [5.41, 5.74) is 4.36. The predicted molar refractivity (Wildman–Crippen MR) is 232 cm³/mol. The van der Waals surface area contributed by atoms with Crippen molar-refractivity contribution in [3.05, 3.63) is 86.5 Å². The van der Waals surface area contributed by atoms with Crippen LogP contribution in [0.5, 0.6) is 17.2 Å². The van der Waals surface area contributed by atoms with Gasteiger partial charge in [0.25, 0.3) is 0 Å². The average Bonchev–Trinajstić information content (AvgIpc) is 3.02. The first-order chi connectivity index (χ1) is 26.0. The standard InChI is InChI=1S/C49H70O9/c1-44(2,3)28-19-31(41(56-25-37(50)51)34(22-28)47(10,11)12)40(32-20-29(45(4,5)6)23-35(48(13,14)15)42(32)57-26-38(52)53)33-21-30(46(7,8)9)24-36(49(16,17)18)43(33)58-27-39(54)55/h19-24,40H,25-27H2,1-18H3,(H,50,51)(H,52,53)(H,54,55). The van der Waals surface area contributed by atoms with Gasteiger partial charge in [0.05, 0.1) is 0 Å². The molecule has 0 unspecified atom stereocenters. The summed E-state index contributed by atoms with van der Waals surface area (Å²) in [5.74, 6) is -3.17. The molecule has 320 valence electrons. The smallest absolute Gasteiger partial charge is 0.341 e. The van der Waals surface area contributed by atoms with Crippen molar-refractivity contribution in [1.82, 2.24) is 0 Å². The number of hydrogen-bond donors (Lipinski definition) is 3. The molecular weight excluding hydrogens is 733 g/mol. The van der Waals surface area contributed by atoms with Gasteiger partial charge in [-0.15, -0.1) is 0 Å². The number of ether oxygens (including phenoxy) is 3. The van der Waals surface area contributed by atoms with E-state index in [2.05, 4.69) is 161 Å². The first kappa shape index (κ1) is 47.8. The maximum Gasteiger partial charge on any atom is 0.341 e. The topological polar surface area (TPSA) is 140 Å². The van der Waals surface area contributed by atoms with E-state index in [1.54, 1.807) is 0 Å². The lowest BCUT2D eigenvalue weighted by Crippen LogP contribution is -2.26.